The number of urea groups is 2. The van der Waals surface area contributed by atoms with E-state index in [9.17, 15) is 14.0 Å². The lowest BCUT2D eigenvalue weighted by Gasteiger charge is -2.28. The second-order valence-corrected chi connectivity index (χ2v) is 8.18. The molecule has 3 N–H and O–H groups in total. The molecule has 0 unspecified atom stereocenters. The van der Waals surface area contributed by atoms with Crippen molar-refractivity contribution in [3.05, 3.63) is 71.7 Å². The number of nitrogens with one attached hydrogen (secondary N) is 3. The molecule has 4 amide bonds. The number of ether oxygens (including phenoxy) is 1. The number of anilines is 3. The molecule has 0 fully saturated rings. The Balaban J connectivity index is 1.43. The molecule has 0 radical (unpaired) electrons. The Morgan fingerprint density at radius 3 is 2.50 bits per heavy atom. The highest BCUT2D eigenvalue weighted by atomic mass is 19.1. The van der Waals surface area contributed by atoms with Crippen molar-refractivity contribution in [2.24, 2.45) is 0 Å². The van der Waals surface area contributed by atoms with Gasteiger partial charge in [0, 0.05) is 30.2 Å². The fourth-order valence-corrected chi connectivity index (χ4v) is 3.55. The lowest BCUT2D eigenvalue weighted by molar-refractivity contribution is 0.209. The van der Waals surface area contributed by atoms with Gasteiger partial charge in [0.2, 0.25) is 0 Å². The lowest BCUT2D eigenvalue weighted by atomic mass is 10.0. The minimum absolute atomic E-state index is 0.0106. The normalized spacial score (nSPS) is 12.7. The second-order valence-electron chi connectivity index (χ2n) is 8.18. The number of fused-ring (bicyclic) bond motifs is 1. The highest BCUT2D eigenvalue weighted by Crippen LogP contribution is 2.34. The van der Waals surface area contributed by atoms with E-state index >= 15 is 0 Å². The zero-order chi connectivity index (χ0) is 24.2. The number of pyridine rings is 1. The van der Waals surface area contributed by atoms with E-state index in [-0.39, 0.29) is 17.5 Å². The largest absolute Gasteiger partial charge is 0.454 e. The highest BCUT2D eigenvalue weighted by Gasteiger charge is 2.25. The standard InChI is InChI=1S/C25H26FN5O3/c1-4-31-14-19-21(11-12-27-23(19)30-25(31)33)34-22-10-9-18(13-20(22)26)29-24(32)28-17-7-5-16(6-8-17)15(2)3/h5-13,15H,4,14H2,1-3H3,(H,27,30,33)(H2,28,29,32). The first-order valence-electron chi connectivity index (χ1n) is 11.0. The molecule has 3 aromatic rings. The lowest BCUT2D eigenvalue weighted by Crippen LogP contribution is -2.38. The number of rotatable bonds is 6. The fourth-order valence-electron chi connectivity index (χ4n) is 3.55. The first-order valence-corrected chi connectivity index (χ1v) is 11.0. The summed E-state index contributed by atoms with van der Waals surface area (Å²) < 4.78 is 20.6. The van der Waals surface area contributed by atoms with Crippen LogP contribution in [0.25, 0.3) is 0 Å². The van der Waals surface area contributed by atoms with Crippen molar-refractivity contribution in [1.82, 2.24) is 9.88 Å². The number of hydrogen-bond acceptors (Lipinski definition) is 4. The van der Waals surface area contributed by atoms with E-state index in [1.807, 2.05) is 31.2 Å². The summed E-state index contributed by atoms with van der Waals surface area (Å²) in [6, 6.07) is 12.6. The Bertz CT molecular complexity index is 1210. The van der Waals surface area contributed by atoms with Crippen LogP contribution in [0.1, 0.15) is 37.8 Å². The van der Waals surface area contributed by atoms with Crippen LogP contribution in [0.15, 0.2) is 54.7 Å². The van der Waals surface area contributed by atoms with Gasteiger partial charge < -0.3 is 20.3 Å². The number of amides is 4. The fraction of sp³-hybridized carbons (Fsp3) is 0.240. The van der Waals surface area contributed by atoms with Crippen LogP contribution in [0.3, 0.4) is 0 Å². The molecule has 0 saturated carbocycles. The molecule has 0 saturated heterocycles. The number of carbonyl (C=O) groups is 2. The highest BCUT2D eigenvalue weighted by molar-refractivity contribution is 5.99. The zero-order valence-corrected chi connectivity index (χ0v) is 19.2. The summed E-state index contributed by atoms with van der Waals surface area (Å²) in [5.41, 5.74) is 2.75. The van der Waals surface area contributed by atoms with Crippen molar-refractivity contribution in [3.8, 4) is 11.5 Å². The van der Waals surface area contributed by atoms with Gasteiger partial charge in [-0.2, -0.15) is 0 Å². The van der Waals surface area contributed by atoms with E-state index in [0.717, 1.165) is 0 Å². The van der Waals surface area contributed by atoms with E-state index in [4.69, 9.17) is 4.74 Å². The molecule has 0 bridgehead atoms. The maximum absolute atomic E-state index is 14.8. The molecule has 4 rings (SSSR count). The molecular formula is C25H26FN5O3. The Kier molecular flexibility index (Phi) is 6.62. The van der Waals surface area contributed by atoms with Gasteiger partial charge in [-0.3, -0.25) is 5.32 Å². The summed E-state index contributed by atoms with van der Waals surface area (Å²) in [4.78, 5) is 30.1. The van der Waals surface area contributed by atoms with Gasteiger partial charge in [-0.1, -0.05) is 26.0 Å². The molecule has 1 aromatic heterocycles. The molecule has 0 aliphatic carbocycles. The van der Waals surface area contributed by atoms with Crippen LogP contribution in [-0.4, -0.2) is 28.5 Å². The predicted octanol–water partition coefficient (Wildman–Crippen LogP) is 6.15. The third-order valence-electron chi connectivity index (χ3n) is 5.50. The summed E-state index contributed by atoms with van der Waals surface area (Å²) >= 11 is 0. The molecule has 0 spiro atoms. The molecule has 2 heterocycles. The first kappa shape index (κ1) is 23.0. The summed E-state index contributed by atoms with van der Waals surface area (Å²) in [5, 5.41) is 8.05. The van der Waals surface area contributed by atoms with Crippen molar-refractivity contribution in [3.63, 3.8) is 0 Å². The minimum atomic E-state index is -0.642. The third-order valence-corrected chi connectivity index (χ3v) is 5.50. The van der Waals surface area contributed by atoms with E-state index in [2.05, 4.69) is 34.8 Å². The summed E-state index contributed by atoms with van der Waals surface area (Å²) in [7, 11) is 0. The van der Waals surface area contributed by atoms with E-state index in [0.29, 0.717) is 41.8 Å². The van der Waals surface area contributed by atoms with Crippen LogP contribution in [-0.2, 0) is 6.54 Å². The van der Waals surface area contributed by atoms with Crippen LogP contribution in [0, 0.1) is 5.82 Å². The van der Waals surface area contributed by atoms with Crippen LogP contribution in [0.5, 0.6) is 11.5 Å². The van der Waals surface area contributed by atoms with Crippen LogP contribution < -0.4 is 20.7 Å². The van der Waals surface area contributed by atoms with Gasteiger partial charge in [0.05, 0.1) is 12.1 Å². The smallest absolute Gasteiger partial charge is 0.323 e. The van der Waals surface area contributed by atoms with Crippen LogP contribution in [0.4, 0.5) is 31.2 Å². The quantitative estimate of drug-likeness (QED) is 0.409. The maximum Gasteiger partial charge on any atom is 0.323 e. The summed E-state index contributed by atoms with van der Waals surface area (Å²) in [6.45, 7) is 6.87. The van der Waals surface area contributed by atoms with E-state index in [1.165, 1.54) is 23.9 Å². The average Bonchev–Trinajstić information content (AvgIpc) is 2.80. The number of aromatic nitrogens is 1. The monoisotopic (exact) mass is 463 g/mol. The topological polar surface area (TPSA) is 95.6 Å². The van der Waals surface area contributed by atoms with Gasteiger partial charge >= 0.3 is 12.1 Å². The van der Waals surface area contributed by atoms with Crippen molar-refractivity contribution < 1.29 is 18.7 Å². The number of hydrogen-bond donors (Lipinski definition) is 3. The molecule has 8 nitrogen and oxygen atoms in total. The van der Waals surface area contributed by atoms with Gasteiger partial charge in [-0.05, 0) is 48.7 Å². The average molecular weight is 464 g/mol. The minimum Gasteiger partial charge on any atom is -0.454 e. The third kappa shape index (κ3) is 5.09. The van der Waals surface area contributed by atoms with Gasteiger partial charge in [-0.15, -0.1) is 0 Å². The molecule has 176 valence electrons. The van der Waals surface area contributed by atoms with Gasteiger partial charge in [0.1, 0.15) is 11.6 Å². The zero-order valence-electron chi connectivity index (χ0n) is 19.2. The van der Waals surface area contributed by atoms with Crippen molar-refractivity contribution in [2.75, 3.05) is 22.5 Å². The number of halogens is 1. The van der Waals surface area contributed by atoms with Gasteiger partial charge in [0.15, 0.2) is 11.6 Å². The summed E-state index contributed by atoms with van der Waals surface area (Å²) in [5.74, 6) is 0.531. The number of benzene rings is 2. The Labute approximate surface area is 197 Å². The van der Waals surface area contributed by atoms with Crippen molar-refractivity contribution >= 4 is 29.3 Å². The van der Waals surface area contributed by atoms with Crippen LogP contribution >= 0.6 is 0 Å². The van der Waals surface area contributed by atoms with Crippen LogP contribution in [0.2, 0.25) is 0 Å². The molecule has 9 heteroatoms. The molecule has 2 aromatic carbocycles. The molecule has 1 aliphatic rings. The maximum atomic E-state index is 14.8. The van der Waals surface area contributed by atoms with Crippen molar-refractivity contribution in [1.29, 1.82) is 0 Å². The van der Waals surface area contributed by atoms with Gasteiger partial charge in [0.25, 0.3) is 0 Å². The number of nitrogens with zero attached hydrogens (tertiary/aromatic N) is 2. The van der Waals surface area contributed by atoms with E-state index in [1.54, 1.807) is 17.0 Å². The predicted molar refractivity (Wildman–Crippen MR) is 129 cm³/mol. The Morgan fingerprint density at radius 2 is 1.82 bits per heavy atom. The second kappa shape index (κ2) is 9.78. The Morgan fingerprint density at radius 1 is 1.12 bits per heavy atom. The number of carbonyl (C=O) groups excluding carboxylic acids is 2. The van der Waals surface area contributed by atoms with Crippen molar-refractivity contribution in [2.45, 2.75) is 33.2 Å². The molecule has 34 heavy (non-hydrogen) atoms. The summed E-state index contributed by atoms with van der Waals surface area (Å²) in [6.07, 6.45) is 1.49. The Hall–Kier alpha value is -4.14. The SMILES string of the molecule is CCN1Cc2c(Oc3ccc(NC(=O)Nc4ccc(C(C)C)cc4)cc3F)ccnc2NC1=O. The molecular weight excluding hydrogens is 437 g/mol. The van der Waals surface area contributed by atoms with Gasteiger partial charge in [-0.25, -0.2) is 19.0 Å². The molecule has 0 atom stereocenters. The first-order chi connectivity index (χ1) is 16.3. The van der Waals surface area contributed by atoms with E-state index < -0.39 is 11.8 Å². The molecule has 1 aliphatic heterocycles.